The first-order valence-electron chi connectivity index (χ1n) is 9.48. The number of ether oxygens (including phenoxy) is 2. The van der Waals surface area contributed by atoms with Gasteiger partial charge >= 0.3 is 0 Å². The average Bonchev–Trinajstić information content (AvgIpc) is 2.67. The van der Waals surface area contributed by atoms with Crippen molar-refractivity contribution >= 4 is 17.5 Å². The lowest BCUT2D eigenvalue weighted by molar-refractivity contribution is 0.0952. The fourth-order valence-corrected chi connectivity index (χ4v) is 2.79. The van der Waals surface area contributed by atoms with Crippen molar-refractivity contribution in [2.24, 2.45) is 0 Å². The molecule has 1 N–H and O–H groups in total. The number of hydrogen-bond acceptors (Lipinski definition) is 3. The van der Waals surface area contributed by atoms with Gasteiger partial charge in [-0.25, -0.2) is 0 Å². The molecule has 0 aliphatic rings. The average molecular weight is 390 g/mol. The number of benzene rings is 2. The molecular formula is C22H28ClNO3. The van der Waals surface area contributed by atoms with Gasteiger partial charge in [0.05, 0.1) is 6.61 Å². The SMILES string of the molecule is CCCCCNC(=O)c1ccc(OCC)c(COc2ccc(Cl)c(C)c2)c1. The number of carbonyl (C=O) groups is 1. The number of nitrogens with one attached hydrogen (secondary N) is 1. The first kappa shape index (κ1) is 21.1. The van der Waals surface area contributed by atoms with E-state index in [1.165, 1.54) is 0 Å². The van der Waals surface area contributed by atoms with Crippen LogP contribution in [0.1, 0.15) is 54.6 Å². The summed E-state index contributed by atoms with van der Waals surface area (Å²) in [6, 6.07) is 11.0. The lowest BCUT2D eigenvalue weighted by Crippen LogP contribution is -2.24. The van der Waals surface area contributed by atoms with Crippen LogP contribution in [-0.2, 0) is 6.61 Å². The van der Waals surface area contributed by atoms with E-state index in [4.69, 9.17) is 21.1 Å². The van der Waals surface area contributed by atoms with Crippen molar-refractivity contribution in [2.75, 3.05) is 13.2 Å². The third kappa shape index (κ3) is 6.47. The van der Waals surface area contributed by atoms with Crippen LogP contribution in [0.3, 0.4) is 0 Å². The van der Waals surface area contributed by atoms with E-state index < -0.39 is 0 Å². The summed E-state index contributed by atoms with van der Waals surface area (Å²) in [5.41, 5.74) is 2.41. The number of halogens is 1. The Morgan fingerprint density at radius 2 is 1.89 bits per heavy atom. The summed E-state index contributed by atoms with van der Waals surface area (Å²) in [6.45, 7) is 7.56. The summed E-state index contributed by atoms with van der Waals surface area (Å²) in [6.07, 6.45) is 3.24. The Hall–Kier alpha value is -2.20. The topological polar surface area (TPSA) is 47.6 Å². The minimum atomic E-state index is -0.0715. The number of unbranched alkanes of at least 4 members (excludes halogenated alkanes) is 2. The second-order valence-electron chi connectivity index (χ2n) is 6.42. The van der Waals surface area contributed by atoms with Crippen molar-refractivity contribution in [3.8, 4) is 11.5 Å². The lowest BCUT2D eigenvalue weighted by Gasteiger charge is -2.14. The molecule has 0 aliphatic carbocycles. The van der Waals surface area contributed by atoms with Gasteiger partial charge in [-0.15, -0.1) is 0 Å². The molecule has 0 aliphatic heterocycles. The molecular weight excluding hydrogens is 362 g/mol. The van der Waals surface area contributed by atoms with E-state index >= 15 is 0 Å². The molecule has 0 saturated heterocycles. The highest BCUT2D eigenvalue weighted by atomic mass is 35.5. The molecule has 4 nitrogen and oxygen atoms in total. The predicted molar refractivity (Wildman–Crippen MR) is 110 cm³/mol. The summed E-state index contributed by atoms with van der Waals surface area (Å²) in [5, 5.41) is 3.67. The zero-order chi connectivity index (χ0) is 19.6. The van der Waals surface area contributed by atoms with Crippen molar-refractivity contribution in [3.05, 3.63) is 58.1 Å². The van der Waals surface area contributed by atoms with E-state index in [0.29, 0.717) is 30.3 Å². The zero-order valence-corrected chi connectivity index (χ0v) is 17.1. The number of amides is 1. The van der Waals surface area contributed by atoms with E-state index in [9.17, 15) is 4.79 Å². The predicted octanol–water partition coefficient (Wildman–Crippen LogP) is 5.55. The van der Waals surface area contributed by atoms with Crippen LogP contribution in [-0.4, -0.2) is 19.1 Å². The Morgan fingerprint density at radius 1 is 1.07 bits per heavy atom. The largest absolute Gasteiger partial charge is 0.493 e. The van der Waals surface area contributed by atoms with Crippen LogP contribution in [0.25, 0.3) is 0 Å². The van der Waals surface area contributed by atoms with Gasteiger partial charge in [-0.05, 0) is 62.2 Å². The molecule has 0 spiro atoms. The van der Waals surface area contributed by atoms with E-state index in [1.807, 2.05) is 44.2 Å². The van der Waals surface area contributed by atoms with E-state index in [1.54, 1.807) is 6.07 Å². The van der Waals surface area contributed by atoms with E-state index in [0.717, 1.165) is 41.9 Å². The molecule has 0 fully saturated rings. The van der Waals surface area contributed by atoms with Crippen molar-refractivity contribution in [1.29, 1.82) is 0 Å². The Labute approximate surface area is 166 Å². The fourth-order valence-electron chi connectivity index (χ4n) is 2.68. The maximum atomic E-state index is 12.4. The molecule has 146 valence electrons. The van der Waals surface area contributed by atoms with Crippen molar-refractivity contribution in [2.45, 2.75) is 46.6 Å². The minimum absolute atomic E-state index is 0.0715. The Bertz CT molecular complexity index is 761. The van der Waals surface area contributed by atoms with Crippen LogP contribution in [0, 0.1) is 6.92 Å². The van der Waals surface area contributed by atoms with Gasteiger partial charge in [0, 0.05) is 22.7 Å². The molecule has 27 heavy (non-hydrogen) atoms. The molecule has 2 aromatic rings. The lowest BCUT2D eigenvalue weighted by atomic mass is 10.1. The highest BCUT2D eigenvalue weighted by molar-refractivity contribution is 6.31. The summed E-state index contributed by atoms with van der Waals surface area (Å²) in [4.78, 5) is 12.4. The maximum Gasteiger partial charge on any atom is 0.251 e. The quantitative estimate of drug-likeness (QED) is 0.542. The molecule has 0 bridgehead atoms. The third-order valence-corrected chi connectivity index (χ3v) is 4.64. The number of carbonyl (C=O) groups excluding carboxylic acids is 1. The molecule has 0 aromatic heterocycles. The first-order chi connectivity index (χ1) is 13.0. The zero-order valence-electron chi connectivity index (χ0n) is 16.3. The molecule has 0 radical (unpaired) electrons. The Balaban J connectivity index is 2.09. The number of aryl methyl sites for hydroxylation is 1. The summed E-state index contributed by atoms with van der Waals surface area (Å²) < 4.78 is 11.6. The van der Waals surface area contributed by atoms with Crippen molar-refractivity contribution in [1.82, 2.24) is 5.32 Å². The molecule has 0 heterocycles. The van der Waals surface area contributed by atoms with Gasteiger partial charge in [-0.1, -0.05) is 31.4 Å². The molecule has 0 unspecified atom stereocenters. The highest BCUT2D eigenvalue weighted by Gasteiger charge is 2.11. The summed E-state index contributed by atoms with van der Waals surface area (Å²) in [7, 11) is 0. The van der Waals surface area contributed by atoms with Gasteiger partial charge in [0.15, 0.2) is 0 Å². The minimum Gasteiger partial charge on any atom is -0.493 e. The van der Waals surface area contributed by atoms with Gasteiger partial charge in [-0.2, -0.15) is 0 Å². The number of rotatable bonds is 10. The smallest absolute Gasteiger partial charge is 0.251 e. The molecule has 5 heteroatoms. The van der Waals surface area contributed by atoms with Gasteiger partial charge < -0.3 is 14.8 Å². The van der Waals surface area contributed by atoms with E-state index in [2.05, 4.69) is 12.2 Å². The first-order valence-corrected chi connectivity index (χ1v) is 9.85. The van der Waals surface area contributed by atoms with Crippen molar-refractivity contribution in [3.63, 3.8) is 0 Å². The molecule has 0 atom stereocenters. The van der Waals surface area contributed by atoms with Crippen LogP contribution < -0.4 is 14.8 Å². The maximum absolute atomic E-state index is 12.4. The fraction of sp³-hybridized carbons (Fsp3) is 0.409. The molecule has 1 amide bonds. The molecule has 2 rings (SSSR count). The van der Waals surface area contributed by atoms with Crippen LogP contribution >= 0.6 is 11.6 Å². The second-order valence-corrected chi connectivity index (χ2v) is 6.83. The van der Waals surface area contributed by atoms with Crippen LogP contribution in [0.15, 0.2) is 36.4 Å². The van der Waals surface area contributed by atoms with Gasteiger partial charge in [-0.3, -0.25) is 4.79 Å². The van der Waals surface area contributed by atoms with Crippen LogP contribution in [0.5, 0.6) is 11.5 Å². The van der Waals surface area contributed by atoms with E-state index in [-0.39, 0.29) is 5.91 Å². The third-order valence-electron chi connectivity index (χ3n) is 4.21. The number of hydrogen-bond donors (Lipinski definition) is 1. The van der Waals surface area contributed by atoms with Crippen LogP contribution in [0.4, 0.5) is 0 Å². The molecule has 0 saturated carbocycles. The van der Waals surface area contributed by atoms with Gasteiger partial charge in [0.1, 0.15) is 18.1 Å². The normalized spacial score (nSPS) is 10.5. The molecule has 2 aromatic carbocycles. The second kappa shape index (κ2) is 10.8. The van der Waals surface area contributed by atoms with Crippen molar-refractivity contribution < 1.29 is 14.3 Å². The summed E-state index contributed by atoms with van der Waals surface area (Å²) >= 11 is 6.06. The van der Waals surface area contributed by atoms with Gasteiger partial charge in [0.25, 0.3) is 5.91 Å². The summed E-state index contributed by atoms with van der Waals surface area (Å²) in [5.74, 6) is 1.39. The highest BCUT2D eigenvalue weighted by Crippen LogP contribution is 2.25. The standard InChI is InChI=1S/C22H28ClNO3/c1-4-6-7-12-24-22(25)17-8-11-21(26-5-2)18(14-17)15-27-19-9-10-20(23)16(3)13-19/h8-11,13-14H,4-7,12,15H2,1-3H3,(H,24,25). The van der Waals surface area contributed by atoms with Crippen LogP contribution in [0.2, 0.25) is 5.02 Å². The Morgan fingerprint density at radius 3 is 2.59 bits per heavy atom. The van der Waals surface area contributed by atoms with Gasteiger partial charge in [0.2, 0.25) is 0 Å². The monoisotopic (exact) mass is 389 g/mol. The Kier molecular flexibility index (Phi) is 8.46.